The normalized spacial score (nSPS) is 13.2. The SMILES string of the molecule is CCCNC(COc1ccc(CCOC)cc1)C(C)(C)C. The van der Waals surface area contributed by atoms with Crippen molar-refractivity contribution in [3.8, 4) is 5.75 Å². The molecular weight excluding hydrogens is 262 g/mol. The van der Waals surface area contributed by atoms with Crippen LogP contribution in [0.1, 0.15) is 39.7 Å². The van der Waals surface area contributed by atoms with Gasteiger partial charge in [-0.3, -0.25) is 0 Å². The van der Waals surface area contributed by atoms with Gasteiger partial charge >= 0.3 is 0 Å². The van der Waals surface area contributed by atoms with E-state index in [1.54, 1.807) is 7.11 Å². The molecule has 1 aromatic carbocycles. The van der Waals surface area contributed by atoms with E-state index in [0.29, 0.717) is 12.6 Å². The quantitative estimate of drug-likeness (QED) is 0.753. The third-order valence-corrected chi connectivity index (χ3v) is 3.62. The third-order valence-electron chi connectivity index (χ3n) is 3.62. The van der Waals surface area contributed by atoms with Crippen LogP contribution in [0.5, 0.6) is 5.75 Å². The standard InChI is InChI=1S/C18H31NO2/c1-6-12-19-17(18(2,3)4)14-21-16-9-7-15(8-10-16)11-13-20-5/h7-10,17,19H,6,11-14H2,1-5H3. The molecule has 1 unspecified atom stereocenters. The Kier molecular flexibility index (Phi) is 7.76. The summed E-state index contributed by atoms with van der Waals surface area (Å²) in [6, 6.07) is 8.67. The molecule has 0 heterocycles. The van der Waals surface area contributed by atoms with Crippen LogP contribution in [0.25, 0.3) is 0 Å². The topological polar surface area (TPSA) is 30.5 Å². The number of methoxy groups -OCH3 is 1. The number of hydrogen-bond donors (Lipinski definition) is 1. The van der Waals surface area contributed by atoms with Gasteiger partial charge in [0.2, 0.25) is 0 Å². The highest BCUT2D eigenvalue weighted by Crippen LogP contribution is 2.21. The average Bonchev–Trinajstić information content (AvgIpc) is 2.45. The lowest BCUT2D eigenvalue weighted by atomic mass is 9.87. The second kappa shape index (κ2) is 9.06. The van der Waals surface area contributed by atoms with Gasteiger partial charge in [-0.15, -0.1) is 0 Å². The van der Waals surface area contributed by atoms with Crippen molar-refractivity contribution in [2.45, 2.75) is 46.6 Å². The maximum absolute atomic E-state index is 5.96. The van der Waals surface area contributed by atoms with Crippen LogP contribution in [-0.2, 0) is 11.2 Å². The van der Waals surface area contributed by atoms with Gasteiger partial charge in [-0.2, -0.15) is 0 Å². The first-order valence-electron chi connectivity index (χ1n) is 7.91. The molecule has 3 heteroatoms. The summed E-state index contributed by atoms with van der Waals surface area (Å²) in [5.41, 5.74) is 1.47. The minimum absolute atomic E-state index is 0.188. The minimum atomic E-state index is 0.188. The molecular formula is C18H31NO2. The van der Waals surface area contributed by atoms with Crippen molar-refractivity contribution < 1.29 is 9.47 Å². The molecule has 0 bridgehead atoms. The van der Waals surface area contributed by atoms with E-state index < -0.39 is 0 Å². The van der Waals surface area contributed by atoms with E-state index in [9.17, 15) is 0 Å². The molecule has 1 rings (SSSR count). The van der Waals surface area contributed by atoms with E-state index in [0.717, 1.165) is 31.7 Å². The molecule has 0 aliphatic rings. The van der Waals surface area contributed by atoms with Crippen molar-refractivity contribution in [2.24, 2.45) is 5.41 Å². The van der Waals surface area contributed by atoms with Crippen molar-refractivity contribution >= 4 is 0 Å². The van der Waals surface area contributed by atoms with Crippen LogP contribution in [0.4, 0.5) is 0 Å². The van der Waals surface area contributed by atoms with Gasteiger partial charge in [0.15, 0.2) is 0 Å². The maximum Gasteiger partial charge on any atom is 0.119 e. The molecule has 0 fully saturated rings. The van der Waals surface area contributed by atoms with E-state index in [4.69, 9.17) is 9.47 Å². The van der Waals surface area contributed by atoms with E-state index in [1.165, 1.54) is 5.56 Å². The van der Waals surface area contributed by atoms with Crippen molar-refractivity contribution in [3.05, 3.63) is 29.8 Å². The molecule has 120 valence electrons. The van der Waals surface area contributed by atoms with Crippen LogP contribution < -0.4 is 10.1 Å². The van der Waals surface area contributed by atoms with Gasteiger partial charge in [0.25, 0.3) is 0 Å². The van der Waals surface area contributed by atoms with E-state index in [1.807, 2.05) is 12.1 Å². The van der Waals surface area contributed by atoms with E-state index in [2.05, 4.69) is 45.1 Å². The van der Waals surface area contributed by atoms with Crippen molar-refractivity contribution in [1.29, 1.82) is 0 Å². The van der Waals surface area contributed by atoms with Gasteiger partial charge in [0, 0.05) is 13.2 Å². The molecule has 3 nitrogen and oxygen atoms in total. The van der Waals surface area contributed by atoms with Crippen LogP contribution >= 0.6 is 0 Å². The van der Waals surface area contributed by atoms with Gasteiger partial charge in [0.05, 0.1) is 6.61 Å². The monoisotopic (exact) mass is 293 g/mol. The Balaban J connectivity index is 2.51. The summed E-state index contributed by atoms with van der Waals surface area (Å²) in [5.74, 6) is 0.934. The first-order chi connectivity index (χ1) is 9.97. The summed E-state index contributed by atoms with van der Waals surface area (Å²) in [7, 11) is 1.73. The third kappa shape index (κ3) is 6.96. The maximum atomic E-state index is 5.96. The van der Waals surface area contributed by atoms with Crippen molar-refractivity contribution in [1.82, 2.24) is 5.32 Å². The highest BCUT2D eigenvalue weighted by Gasteiger charge is 2.24. The molecule has 0 amide bonds. The predicted molar refractivity (Wildman–Crippen MR) is 89.1 cm³/mol. The molecule has 0 aliphatic heterocycles. The molecule has 21 heavy (non-hydrogen) atoms. The summed E-state index contributed by atoms with van der Waals surface area (Å²) in [5, 5.41) is 3.58. The molecule has 1 aromatic rings. The molecule has 0 aliphatic carbocycles. The van der Waals surface area contributed by atoms with Gasteiger partial charge in [-0.25, -0.2) is 0 Å². The Morgan fingerprint density at radius 1 is 1.14 bits per heavy atom. The molecule has 1 N–H and O–H groups in total. The van der Waals surface area contributed by atoms with Crippen LogP contribution in [0.3, 0.4) is 0 Å². The summed E-state index contributed by atoms with van der Waals surface area (Å²) < 4.78 is 11.0. The van der Waals surface area contributed by atoms with Gasteiger partial charge in [-0.1, -0.05) is 39.8 Å². The van der Waals surface area contributed by atoms with Crippen molar-refractivity contribution in [2.75, 3.05) is 26.9 Å². The lowest BCUT2D eigenvalue weighted by molar-refractivity contribution is 0.174. The number of nitrogens with one attached hydrogen (secondary N) is 1. The highest BCUT2D eigenvalue weighted by molar-refractivity contribution is 5.27. The summed E-state index contributed by atoms with van der Waals surface area (Å²) in [6.45, 7) is 11.4. The summed E-state index contributed by atoms with van der Waals surface area (Å²) >= 11 is 0. The smallest absolute Gasteiger partial charge is 0.119 e. The number of benzene rings is 1. The second-order valence-electron chi connectivity index (χ2n) is 6.57. The van der Waals surface area contributed by atoms with Crippen LogP contribution in [-0.4, -0.2) is 32.9 Å². The number of rotatable bonds is 9. The first-order valence-corrected chi connectivity index (χ1v) is 7.91. The Morgan fingerprint density at radius 3 is 2.33 bits per heavy atom. The molecule has 0 saturated heterocycles. The average molecular weight is 293 g/mol. The van der Waals surface area contributed by atoms with Crippen molar-refractivity contribution in [3.63, 3.8) is 0 Å². The number of hydrogen-bond acceptors (Lipinski definition) is 3. The zero-order valence-electron chi connectivity index (χ0n) is 14.2. The fraction of sp³-hybridized carbons (Fsp3) is 0.667. The van der Waals surface area contributed by atoms with Gasteiger partial charge in [0.1, 0.15) is 12.4 Å². The fourth-order valence-corrected chi connectivity index (χ4v) is 2.09. The summed E-state index contributed by atoms with van der Waals surface area (Å²) in [6.07, 6.45) is 2.08. The van der Waals surface area contributed by atoms with Crippen LogP contribution in [0.15, 0.2) is 24.3 Å². The predicted octanol–water partition coefficient (Wildman–Crippen LogP) is 3.67. The molecule has 0 aromatic heterocycles. The van der Waals surface area contributed by atoms with E-state index in [-0.39, 0.29) is 5.41 Å². The van der Waals surface area contributed by atoms with Crippen LogP contribution in [0.2, 0.25) is 0 Å². The Morgan fingerprint density at radius 2 is 1.81 bits per heavy atom. The highest BCUT2D eigenvalue weighted by atomic mass is 16.5. The zero-order valence-corrected chi connectivity index (χ0v) is 14.2. The molecule has 0 saturated carbocycles. The first kappa shape index (κ1) is 18.0. The second-order valence-corrected chi connectivity index (χ2v) is 6.57. The molecule has 0 radical (unpaired) electrons. The molecule has 0 spiro atoms. The van der Waals surface area contributed by atoms with Gasteiger partial charge in [-0.05, 0) is 42.5 Å². The molecule has 1 atom stereocenters. The largest absolute Gasteiger partial charge is 0.492 e. The number of ether oxygens (including phenoxy) is 2. The Bertz CT molecular complexity index is 381. The van der Waals surface area contributed by atoms with Crippen LogP contribution in [0, 0.1) is 5.41 Å². The Hall–Kier alpha value is -1.06. The minimum Gasteiger partial charge on any atom is -0.492 e. The zero-order chi connectivity index (χ0) is 15.7. The fourth-order valence-electron chi connectivity index (χ4n) is 2.09. The lowest BCUT2D eigenvalue weighted by Gasteiger charge is -2.31. The van der Waals surface area contributed by atoms with E-state index >= 15 is 0 Å². The lowest BCUT2D eigenvalue weighted by Crippen LogP contribution is -2.45. The summed E-state index contributed by atoms with van der Waals surface area (Å²) in [4.78, 5) is 0. The Labute approximate surface area is 130 Å². The van der Waals surface area contributed by atoms with Gasteiger partial charge < -0.3 is 14.8 Å².